The highest BCUT2D eigenvalue weighted by atomic mass is 35.5. The fourth-order valence-electron chi connectivity index (χ4n) is 0.695. The van der Waals surface area contributed by atoms with E-state index in [9.17, 15) is 13.6 Å². The third-order valence-electron chi connectivity index (χ3n) is 1.26. The minimum atomic E-state index is -1.00. The zero-order valence-corrected chi connectivity index (χ0v) is 7.09. The summed E-state index contributed by atoms with van der Waals surface area (Å²) >= 11 is 10.5. The lowest BCUT2D eigenvalue weighted by atomic mass is 10.2. The van der Waals surface area contributed by atoms with Gasteiger partial charge in [0, 0.05) is 0 Å². The Morgan fingerprint density at radius 1 is 1.33 bits per heavy atom. The summed E-state index contributed by atoms with van der Waals surface area (Å²) in [6, 6.07) is 0.715. The summed E-state index contributed by atoms with van der Waals surface area (Å²) < 4.78 is 25.5. The van der Waals surface area contributed by atoms with Crippen LogP contribution in [-0.4, -0.2) is 6.29 Å². The normalized spacial score (nSPS) is 10.0. The van der Waals surface area contributed by atoms with Gasteiger partial charge in [-0.15, -0.1) is 0 Å². The summed E-state index contributed by atoms with van der Waals surface area (Å²) in [6.45, 7) is 0. The Bertz CT molecular complexity index is 312. The van der Waals surface area contributed by atoms with Crippen molar-refractivity contribution in [2.45, 2.75) is 0 Å². The van der Waals surface area contributed by atoms with Crippen molar-refractivity contribution >= 4 is 29.5 Å². The van der Waals surface area contributed by atoms with E-state index >= 15 is 0 Å². The largest absolute Gasteiger partial charge is 0.298 e. The summed E-state index contributed by atoms with van der Waals surface area (Å²) in [5.74, 6) is -1.91. The molecule has 0 spiro atoms. The molecule has 0 amide bonds. The van der Waals surface area contributed by atoms with Crippen molar-refractivity contribution in [3.05, 3.63) is 33.3 Å². The van der Waals surface area contributed by atoms with Crippen molar-refractivity contribution in [2.24, 2.45) is 0 Å². The van der Waals surface area contributed by atoms with E-state index in [0.717, 1.165) is 0 Å². The van der Waals surface area contributed by atoms with Gasteiger partial charge in [-0.3, -0.25) is 4.79 Å². The Kier molecular flexibility index (Phi) is 2.65. The summed E-state index contributed by atoms with van der Waals surface area (Å²) in [4.78, 5) is 10.2. The SMILES string of the molecule is O=Cc1c(F)c(Cl)cc(F)c1Cl. The van der Waals surface area contributed by atoms with Crippen molar-refractivity contribution in [3.63, 3.8) is 0 Å². The molecule has 5 heteroatoms. The molecule has 0 aliphatic heterocycles. The fraction of sp³-hybridized carbons (Fsp3) is 0. The molecule has 0 radical (unpaired) electrons. The van der Waals surface area contributed by atoms with Gasteiger partial charge in [-0.1, -0.05) is 23.2 Å². The number of hydrogen-bond acceptors (Lipinski definition) is 1. The lowest BCUT2D eigenvalue weighted by Crippen LogP contribution is -1.93. The highest BCUT2D eigenvalue weighted by molar-refractivity contribution is 6.35. The highest BCUT2D eigenvalue weighted by Crippen LogP contribution is 2.27. The second-order valence-electron chi connectivity index (χ2n) is 2.00. The Labute approximate surface area is 76.9 Å². The van der Waals surface area contributed by atoms with Gasteiger partial charge in [-0.2, -0.15) is 0 Å². The van der Waals surface area contributed by atoms with Gasteiger partial charge in [0.15, 0.2) is 12.1 Å². The number of carbonyl (C=O) groups excluding carboxylic acids is 1. The van der Waals surface area contributed by atoms with Crippen LogP contribution in [0.25, 0.3) is 0 Å². The van der Waals surface area contributed by atoms with Crippen LogP contribution in [0.4, 0.5) is 8.78 Å². The van der Waals surface area contributed by atoms with Crippen molar-refractivity contribution in [1.82, 2.24) is 0 Å². The van der Waals surface area contributed by atoms with Gasteiger partial charge < -0.3 is 0 Å². The van der Waals surface area contributed by atoms with Gasteiger partial charge in [0.05, 0.1) is 15.6 Å². The van der Waals surface area contributed by atoms with Gasteiger partial charge in [-0.05, 0) is 6.07 Å². The third-order valence-corrected chi connectivity index (χ3v) is 1.92. The standard InChI is InChI=1S/C7H2Cl2F2O/c8-4-1-5(10)6(9)3(2-12)7(4)11/h1-2H. The summed E-state index contributed by atoms with van der Waals surface area (Å²) in [7, 11) is 0. The minimum Gasteiger partial charge on any atom is -0.298 e. The number of hydrogen-bond donors (Lipinski definition) is 0. The van der Waals surface area contributed by atoms with Gasteiger partial charge in [0.1, 0.15) is 5.82 Å². The molecular formula is C7H2Cl2F2O. The predicted octanol–water partition coefficient (Wildman–Crippen LogP) is 3.08. The Morgan fingerprint density at radius 2 is 1.92 bits per heavy atom. The van der Waals surface area contributed by atoms with Gasteiger partial charge in [-0.25, -0.2) is 8.78 Å². The van der Waals surface area contributed by atoms with Crippen LogP contribution >= 0.6 is 23.2 Å². The van der Waals surface area contributed by atoms with Crippen LogP contribution in [0.5, 0.6) is 0 Å². The number of halogens is 4. The van der Waals surface area contributed by atoms with Gasteiger partial charge in [0.25, 0.3) is 0 Å². The maximum atomic E-state index is 12.8. The van der Waals surface area contributed by atoms with Crippen molar-refractivity contribution in [3.8, 4) is 0 Å². The van der Waals surface area contributed by atoms with Crippen molar-refractivity contribution < 1.29 is 13.6 Å². The second kappa shape index (κ2) is 3.37. The van der Waals surface area contributed by atoms with E-state index in [0.29, 0.717) is 6.07 Å². The van der Waals surface area contributed by atoms with Crippen LogP contribution < -0.4 is 0 Å². The lowest BCUT2D eigenvalue weighted by molar-refractivity contribution is 0.111. The molecule has 0 unspecified atom stereocenters. The first-order valence-electron chi connectivity index (χ1n) is 2.86. The maximum Gasteiger partial charge on any atom is 0.154 e. The van der Waals surface area contributed by atoms with Crippen LogP contribution in [-0.2, 0) is 0 Å². The highest BCUT2D eigenvalue weighted by Gasteiger charge is 2.15. The molecule has 0 saturated heterocycles. The minimum absolute atomic E-state index is 0.118. The number of rotatable bonds is 1. The molecule has 0 fully saturated rings. The molecule has 0 saturated carbocycles. The quantitative estimate of drug-likeness (QED) is 0.515. The number of benzene rings is 1. The summed E-state index contributed by atoms with van der Waals surface area (Å²) in [6.07, 6.45) is 0.118. The van der Waals surface area contributed by atoms with E-state index in [1.807, 2.05) is 0 Å². The first-order valence-corrected chi connectivity index (χ1v) is 3.61. The Morgan fingerprint density at radius 3 is 2.42 bits per heavy atom. The van der Waals surface area contributed by atoms with Crippen LogP contribution in [0, 0.1) is 11.6 Å². The monoisotopic (exact) mass is 210 g/mol. The first kappa shape index (κ1) is 9.42. The summed E-state index contributed by atoms with van der Waals surface area (Å²) in [5.41, 5.74) is -0.554. The molecule has 0 atom stereocenters. The Balaban J connectivity index is 3.52. The van der Waals surface area contributed by atoms with Crippen LogP contribution in [0.15, 0.2) is 6.07 Å². The van der Waals surface area contributed by atoms with Crippen molar-refractivity contribution in [2.75, 3.05) is 0 Å². The second-order valence-corrected chi connectivity index (χ2v) is 2.78. The molecule has 0 aliphatic rings. The van der Waals surface area contributed by atoms with Gasteiger partial charge >= 0.3 is 0 Å². The van der Waals surface area contributed by atoms with Crippen LogP contribution in [0.3, 0.4) is 0 Å². The van der Waals surface area contributed by atoms with Gasteiger partial charge in [0.2, 0.25) is 0 Å². The van der Waals surface area contributed by atoms with Crippen LogP contribution in [0.2, 0.25) is 10.0 Å². The topological polar surface area (TPSA) is 17.1 Å². The number of aldehydes is 1. The number of carbonyl (C=O) groups is 1. The smallest absolute Gasteiger partial charge is 0.154 e. The molecule has 0 N–H and O–H groups in total. The van der Waals surface area contributed by atoms with E-state index in [1.54, 1.807) is 0 Å². The third kappa shape index (κ3) is 1.42. The molecule has 0 bridgehead atoms. The zero-order chi connectivity index (χ0) is 9.30. The van der Waals surface area contributed by atoms with E-state index in [2.05, 4.69) is 0 Å². The zero-order valence-electron chi connectivity index (χ0n) is 5.57. The molecule has 64 valence electrons. The molecule has 1 rings (SSSR count). The average Bonchev–Trinajstić information content (AvgIpc) is 2.02. The summed E-state index contributed by atoms with van der Waals surface area (Å²) in [5, 5.41) is -1.01. The first-order chi connectivity index (χ1) is 5.57. The van der Waals surface area contributed by atoms with E-state index in [-0.39, 0.29) is 6.29 Å². The molecule has 1 nitrogen and oxygen atoms in total. The Hall–Kier alpha value is -0.670. The lowest BCUT2D eigenvalue weighted by Gasteiger charge is -2.01. The molecular weight excluding hydrogens is 209 g/mol. The van der Waals surface area contributed by atoms with Crippen molar-refractivity contribution in [1.29, 1.82) is 0 Å². The van der Waals surface area contributed by atoms with E-state index in [1.165, 1.54) is 0 Å². The fourth-order valence-corrected chi connectivity index (χ4v) is 1.07. The molecule has 0 aliphatic carbocycles. The van der Waals surface area contributed by atoms with Crippen LogP contribution in [0.1, 0.15) is 10.4 Å². The average molecular weight is 211 g/mol. The molecule has 1 aromatic rings. The molecule has 0 aromatic heterocycles. The molecule has 1 aromatic carbocycles. The predicted molar refractivity (Wildman–Crippen MR) is 41.8 cm³/mol. The van der Waals surface area contributed by atoms with E-state index in [4.69, 9.17) is 23.2 Å². The maximum absolute atomic E-state index is 12.8. The molecule has 12 heavy (non-hydrogen) atoms. The van der Waals surface area contributed by atoms with E-state index < -0.39 is 27.2 Å². The molecule has 0 heterocycles.